The number of benzene rings is 1. The molecule has 1 fully saturated rings. The Morgan fingerprint density at radius 1 is 1.30 bits per heavy atom. The molecule has 0 saturated heterocycles. The summed E-state index contributed by atoms with van der Waals surface area (Å²) in [4.78, 5) is 15.9. The molecule has 1 aromatic carbocycles. The Bertz CT molecular complexity index is 694. The summed E-state index contributed by atoms with van der Waals surface area (Å²) in [6, 6.07) is 3.56. The largest absolute Gasteiger partial charge is 0.441 e. The number of nitrogens with one attached hydrogen (secondary N) is 1. The average Bonchev–Trinajstić information content (AvgIpc) is 3.17. The molecule has 1 aliphatic carbocycles. The van der Waals surface area contributed by atoms with E-state index in [0.29, 0.717) is 12.3 Å². The molecule has 0 aliphatic heterocycles. The van der Waals surface area contributed by atoms with Crippen LogP contribution in [0, 0.1) is 11.6 Å². The van der Waals surface area contributed by atoms with Gasteiger partial charge in [-0.1, -0.05) is 12.8 Å². The molecule has 23 heavy (non-hydrogen) atoms. The van der Waals surface area contributed by atoms with Crippen LogP contribution in [0.3, 0.4) is 0 Å². The molecule has 4 nitrogen and oxygen atoms in total. The zero-order chi connectivity index (χ0) is 16.2. The third-order valence-electron chi connectivity index (χ3n) is 4.04. The number of halogens is 2. The smallest absolute Gasteiger partial charge is 0.220 e. The molecule has 1 amide bonds. The summed E-state index contributed by atoms with van der Waals surface area (Å²) >= 11 is 0. The van der Waals surface area contributed by atoms with Crippen LogP contribution in [-0.4, -0.2) is 16.9 Å². The van der Waals surface area contributed by atoms with Crippen molar-refractivity contribution in [2.75, 3.05) is 0 Å². The molecule has 0 spiro atoms. The first-order valence-corrected chi connectivity index (χ1v) is 7.81. The Hall–Kier alpha value is -2.24. The highest BCUT2D eigenvalue weighted by Gasteiger charge is 2.18. The maximum Gasteiger partial charge on any atom is 0.220 e. The first-order chi connectivity index (χ1) is 11.1. The predicted octanol–water partition coefficient (Wildman–Crippen LogP) is 3.61. The third-order valence-corrected chi connectivity index (χ3v) is 4.04. The molecule has 122 valence electrons. The predicted molar refractivity (Wildman–Crippen MR) is 80.6 cm³/mol. The van der Waals surface area contributed by atoms with Crippen molar-refractivity contribution in [1.82, 2.24) is 10.3 Å². The molecule has 3 rings (SSSR count). The average molecular weight is 320 g/mol. The minimum atomic E-state index is -0.702. The highest BCUT2D eigenvalue weighted by Crippen LogP contribution is 2.24. The van der Waals surface area contributed by atoms with Gasteiger partial charge in [0.05, 0.1) is 11.8 Å². The zero-order valence-electron chi connectivity index (χ0n) is 12.6. The van der Waals surface area contributed by atoms with Crippen LogP contribution in [0.25, 0.3) is 11.3 Å². The maximum atomic E-state index is 13.7. The molecule has 2 aromatic rings. The number of carbonyl (C=O) groups excluding carboxylic acids is 1. The number of hydrogen-bond acceptors (Lipinski definition) is 3. The number of hydrogen-bond donors (Lipinski definition) is 1. The van der Waals surface area contributed by atoms with E-state index in [0.717, 1.165) is 37.8 Å². The van der Waals surface area contributed by atoms with Gasteiger partial charge in [0.2, 0.25) is 5.91 Å². The van der Waals surface area contributed by atoms with Crippen molar-refractivity contribution in [3.05, 3.63) is 41.9 Å². The third kappa shape index (κ3) is 3.94. The van der Waals surface area contributed by atoms with E-state index in [2.05, 4.69) is 10.3 Å². The van der Waals surface area contributed by atoms with Crippen molar-refractivity contribution in [3.8, 4) is 11.3 Å². The Morgan fingerprint density at radius 2 is 2.09 bits per heavy atom. The second-order valence-electron chi connectivity index (χ2n) is 5.79. The molecular weight excluding hydrogens is 302 g/mol. The van der Waals surface area contributed by atoms with Crippen molar-refractivity contribution in [1.29, 1.82) is 0 Å². The standard InChI is InChI=1S/C17H18F2N2O2/c18-11-5-6-13(14(19)9-11)15-10-20-17(23-15)8-7-16(22)21-12-3-1-2-4-12/h5-6,9-10,12H,1-4,7-8H2,(H,21,22). The molecular formula is C17H18F2N2O2. The van der Waals surface area contributed by atoms with Crippen molar-refractivity contribution < 1.29 is 18.0 Å². The van der Waals surface area contributed by atoms with Crippen molar-refractivity contribution in [2.24, 2.45) is 0 Å². The first-order valence-electron chi connectivity index (χ1n) is 7.81. The van der Waals surface area contributed by atoms with E-state index in [1.54, 1.807) is 0 Å². The van der Waals surface area contributed by atoms with Gasteiger partial charge in [0.25, 0.3) is 0 Å². The van der Waals surface area contributed by atoms with Gasteiger partial charge < -0.3 is 9.73 Å². The number of carbonyl (C=O) groups is 1. The summed E-state index contributed by atoms with van der Waals surface area (Å²) < 4.78 is 32.1. The van der Waals surface area contributed by atoms with Crippen LogP contribution in [0.2, 0.25) is 0 Å². The number of rotatable bonds is 5. The highest BCUT2D eigenvalue weighted by atomic mass is 19.1. The Kier molecular flexibility index (Phi) is 4.69. The minimum absolute atomic E-state index is 0.0235. The molecule has 0 bridgehead atoms. The van der Waals surface area contributed by atoms with Gasteiger partial charge in [-0.15, -0.1) is 0 Å². The van der Waals surface area contributed by atoms with Crippen LogP contribution in [0.1, 0.15) is 38.0 Å². The van der Waals surface area contributed by atoms with Gasteiger partial charge in [0.15, 0.2) is 11.7 Å². The van der Waals surface area contributed by atoms with Crippen LogP contribution >= 0.6 is 0 Å². The zero-order valence-corrected chi connectivity index (χ0v) is 12.6. The summed E-state index contributed by atoms with van der Waals surface area (Å²) in [5.74, 6) is -0.773. The summed E-state index contributed by atoms with van der Waals surface area (Å²) in [5.41, 5.74) is 0.153. The quantitative estimate of drug-likeness (QED) is 0.915. The second-order valence-corrected chi connectivity index (χ2v) is 5.79. The number of aromatic nitrogens is 1. The highest BCUT2D eigenvalue weighted by molar-refractivity contribution is 5.76. The molecule has 0 radical (unpaired) electrons. The summed E-state index contributed by atoms with van der Waals surface area (Å²) in [6.07, 6.45) is 6.43. The van der Waals surface area contributed by atoms with Gasteiger partial charge in [-0.05, 0) is 25.0 Å². The van der Waals surface area contributed by atoms with E-state index >= 15 is 0 Å². The SMILES string of the molecule is O=C(CCc1ncc(-c2ccc(F)cc2F)o1)NC1CCCC1. The van der Waals surface area contributed by atoms with Crippen LogP contribution in [0.15, 0.2) is 28.8 Å². The topological polar surface area (TPSA) is 55.1 Å². The Balaban J connectivity index is 1.57. The van der Waals surface area contributed by atoms with E-state index in [1.807, 2.05) is 0 Å². The molecule has 1 aliphatic rings. The number of amides is 1. The van der Waals surface area contributed by atoms with Gasteiger partial charge in [0.1, 0.15) is 11.6 Å². The molecule has 1 N–H and O–H groups in total. The fourth-order valence-corrected chi connectivity index (χ4v) is 2.83. The van der Waals surface area contributed by atoms with Crippen molar-refractivity contribution >= 4 is 5.91 Å². The number of oxazole rings is 1. The summed E-state index contributed by atoms with van der Waals surface area (Å²) in [7, 11) is 0. The summed E-state index contributed by atoms with van der Waals surface area (Å²) in [5, 5.41) is 2.99. The number of nitrogens with zero attached hydrogens (tertiary/aromatic N) is 1. The van der Waals surface area contributed by atoms with E-state index in [1.165, 1.54) is 12.3 Å². The van der Waals surface area contributed by atoms with Crippen LogP contribution in [-0.2, 0) is 11.2 Å². The molecule has 1 saturated carbocycles. The lowest BCUT2D eigenvalue weighted by molar-refractivity contribution is -0.121. The Labute approximate surface area is 132 Å². The monoisotopic (exact) mass is 320 g/mol. The summed E-state index contributed by atoms with van der Waals surface area (Å²) in [6.45, 7) is 0. The van der Waals surface area contributed by atoms with Crippen molar-refractivity contribution in [2.45, 2.75) is 44.6 Å². The van der Waals surface area contributed by atoms with E-state index in [9.17, 15) is 13.6 Å². The number of aryl methyl sites for hydroxylation is 1. The Morgan fingerprint density at radius 3 is 2.83 bits per heavy atom. The molecule has 1 heterocycles. The van der Waals surface area contributed by atoms with E-state index in [-0.39, 0.29) is 29.7 Å². The van der Waals surface area contributed by atoms with Crippen molar-refractivity contribution in [3.63, 3.8) is 0 Å². The lowest BCUT2D eigenvalue weighted by atomic mass is 10.2. The van der Waals surface area contributed by atoms with E-state index < -0.39 is 11.6 Å². The minimum Gasteiger partial charge on any atom is -0.441 e. The van der Waals surface area contributed by atoms with Gasteiger partial charge in [0, 0.05) is 24.9 Å². The molecule has 0 unspecified atom stereocenters. The maximum absolute atomic E-state index is 13.7. The van der Waals surface area contributed by atoms with Gasteiger partial charge in [-0.2, -0.15) is 0 Å². The fourth-order valence-electron chi connectivity index (χ4n) is 2.83. The fraction of sp³-hybridized carbons (Fsp3) is 0.412. The second kappa shape index (κ2) is 6.89. The molecule has 1 aromatic heterocycles. The lowest BCUT2D eigenvalue weighted by Crippen LogP contribution is -2.32. The van der Waals surface area contributed by atoms with Gasteiger partial charge >= 0.3 is 0 Å². The lowest BCUT2D eigenvalue weighted by Gasteiger charge is -2.10. The normalized spacial score (nSPS) is 15.0. The van der Waals surface area contributed by atoms with E-state index in [4.69, 9.17) is 4.42 Å². The first kappa shape index (κ1) is 15.6. The van der Waals surface area contributed by atoms with Crippen LogP contribution in [0.5, 0.6) is 0 Å². The van der Waals surface area contributed by atoms with Gasteiger partial charge in [-0.25, -0.2) is 13.8 Å². The molecule has 6 heteroatoms. The van der Waals surface area contributed by atoms with Gasteiger partial charge in [-0.3, -0.25) is 4.79 Å². The van der Waals surface area contributed by atoms with Crippen LogP contribution < -0.4 is 5.32 Å². The molecule has 0 atom stereocenters. The van der Waals surface area contributed by atoms with Crippen LogP contribution in [0.4, 0.5) is 8.78 Å².